The van der Waals surface area contributed by atoms with Crippen LogP contribution in [0.4, 0.5) is 0 Å². The monoisotopic (exact) mass is 277 g/mol. The number of benzene rings is 1. The van der Waals surface area contributed by atoms with Gasteiger partial charge in [-0.1, -0.05) is 19.1 Å². The molecule has 0 aliphatic heterocycles. The molecule has 110 valence electrons. The molecule has 0 saturated carbocycles. The van der Waals surface area contributed by atoms with Gasteiger partial charge in [0.05, 0.1) is 17.6 Å². The van der Waals surface area contributed by atoms with Gasteiger partial charge in [-0.3, -0.25) is 4.57 Å². The number of hydrogen-bond donors (Lipinski definition) is 2. The summed E-state index contributed by atoms with van der Waals surface area (Å²) in [7, 11) is 0. The van der Waals surface area contributed by atoms with Crippen molar-refractivity contribution in [2.45, 2.75) is 26.3 Å². The van der Waals surface area contributed by atoms with Gasteiger partial charge in [-0.2, -0.15) is 0 Å². The second kappa shape index (κ2) is 7.26. The van der Waals surface area contributed by atoms with Crippen molar-refractivity contribution in [3.8, 4) is 0 Å². The number of H-pyrrole nitrogens is 1. The molecule has 0 unspecified atom stereocenters. The molecule has 1 heterocycles. The lowest BCUT2D eigenvalue weighted by Gasteiger charge is -2.20. The van der Waals surface area contributed by atoms with E-state index in [4.69, 9.17) is 5.11 Å². The first-order valence-electron chi connectivity index (χ1n) is 7.27. The Balaban J connectivity index is 1.98. The number of rotatable bonds is 8. The van der Waals surface area contributed by atoms with Gasteiger partial charge in [0.15, 0.2) is 0 Å². The molecular formula is C15H23N3O2. The van der Waals surface area contributed by atoms with Crippen molar-refractivity contribution in [1.29, 1.82) is 0 Å². The molecule has 1 aromatic heterocycles. The van der Waals surface area contributed by atoms with Crippen LogP contribution >= 0.6 is 0 Å². The number of aliphatic hydroxyl groups excluding tert-OH is 1. The Morgan fingerprint density at radius 2 is 2.05 bits per heavy atom. The van der Waals surface area contributed by atoms with Gasteiger partial charge >= 0.3 is 5.69 Å². The van der Waals surface area contributed by atoms with Crippen LogP contribution in [0.5, 0.6) is 0 Å². The highest BCUT2D eigenvalue weighted by atomic mass is 16.3. The minimum atomic E-state index is -0.0459. The van der Waals surface area contributed by atoms with E-state index in [2.05, 4.69) is 16.8 Å². The summed E-state index contributed by atoms with van der Waals surface area (Å²) < 4.78 is 1.79. The Kier molecular flexibility index (Phi) is 5.38. The zero-order chi connectivity index (χ0) is 14.4. The number of nitrogens with one attached hydrogen (secondary N) is 1. The van der Waals surface area contributed by atoms with Gasteiger partial charge in [0.25, 0.3) is 0 Å². The molecule has 2 rings (SSSR count). The third kappa shape index (κ3) is 3.49. The van der Waals surface area contributed by atoms with Crippen molar-refractivity contribution >= 4 is 11.0 Å². The number of fused-ring (bicyclic) bond motifs is 1. The summed E-state index contributed by atoms with van der Waals surface area (Å²) in [5.74, 6) is 0. The number of nitrogens with zero attached hydrogens (tertiary/aromatic N) is 2. The van der Waals surface area contributed by atoms with Crippen LogP contribution in [0.1, 0.15) is 19.8 Å². The minimum absolute atomic E-state index is 0.0459. The first kappa shape index (κ1) is 14.8. The molecule has 0 saturated heterocycles. The van der Waals surface area contributed by atoms with Gasteiger partial charge in [-0.25, -0.2) is 4.79 Å². The summed E-state index contributed by atoms with van der Waals surface area (Å²) in [6.45, 7) is 5.62. The van der Waals surface area contributed by atoms with E-state index in [1.165, 1.54) is 0 Å². The topological polar surface area (TPSA) is 61.3 Å². The Morgan fingerprint density at radius 3 is 2.80 bits per heavy atom. The molecular weight excluding hydrogens is 254 g/mol. The van der Waals surface area contributed by atoms with Gasteiger partial charge in [0.1, 0.15) is 0 Å². The van der Waals surface area contributed by atoms with Crippen molar-refractivity contribution in [2.75, 3.05) is 26.2 Å². The van der Waals surface area contributed by atoms with Crippen LogP contribution in [0.15, 0.2) is 29.1 Å². The van der Waals surface area contributed by atoms with E-state index < -0.39 is 0 Å². The molecule has 2 N–H and O–H groups in total. The number of aromatic amines is 1. The standard InChI is InChI=1S/C15H23N3O2/c1-2-8-17(11-12-19)9-5-10-18-14-7-4-3-6-13(14)16-15(18)20/h3-4,6-7,19H,2,5,8-12H2,1H3,(H,16,20). The highest BCUT2D eigenvalue weighted by Crippen LogP contribution is 2.09. The third-order valence-electron chi connectivity index (χ3n) is 3.49. The van der Waals surface area contributed by atoms with E-state index in [-0.39, 0.29) is 12.3 Å². The summed E-state index contributed by atoms with van der Waals surface area (Å²) in [5, 5.41) is 9.03. The summed E-state index contributed by atoms with van der Waals surface area (Å²) in [6, 6.07) is 7.75. The number of para-hydroxylation sites is 2. The predicted octanol–water partition coefficient (Wildman–Crippen LogP) is 1.42. The van der Waals surface area contributed by atoms with Crippen molar-refractivity contribution < 1.29 is 5.11 Å². The molecule has 0 fully saturated rings. The quantitative estimate of drug-likeness (QED) is 0.767. The Bertz CT molecular complexity index is 582. The first-order chi connectivity index (χ1) is 9.76. The molecule has 0 bridgehead atoms. The molecule has 0 atom stereocenters. The van der Waals surface area contributed by atoms with Gasteiger partial charge < -0.3 is 15.0 Å². The molecule has 1 aromatic carbocycles. The molecule has 0 spiro atoms. The Labute approximate surface area is 118 Å². The molecule has 0 aliphatic carbocycles. The molecule has 0 radical (unpaired) electrons. The van der Waals surface area contributed by atoms with Crippen LogP contribution in [0, 0.1) is 0 Å². The summed E-state index contributed by atoms with van der Waals surface area (Å²) in [4.78, 5) is 17.0. The van der Waals surface area contributed by atoms with Crippen LogP contribution in [0.2, 0.25) is 0 Å². The van der Waals surface area contributed by atoms with Crippen LogP contribution in [0.25, 0.3) is 11.0 Å². The predicted molar refractivity (Wildman–Crippen MR) is 81.0 cm³/mol. The smallest absolute Gasteiger partial charge is 0.326 e. The lowest BCUT2D eigenvalue weighted by molar-refractivity contribution is 0.192. The number of imidazole rings is 1. The van der Waals surface area contributed by atoms with Gasteiger partial charge in [0, 0.05) is 13.1 Å². The van der Waals surface area contributed by atoms with Crippen molar-refractivity contribution in [2.24, 2.45) is 0 Å². The van der Waals surface area contributed by atoms with Crippen LogP contribution in [-0.4, -0.2) is 45.8 Å². The Morgan fingerprint density at radius 1 is 1.25 bits per heavy atom. The number of aromatic nitrogens is 2. The van der Waals surface area contributed by atoms with Crippen LogP contribution in [-0.2, 0) is 6.54 Å². The number of aryl methyl sites for hydroxylation is 1. The van der Waals surface area contributed by atoms with E-state index in [0.717, 1.165) is 37.0 Å². The van der Waals surface area contributed by atoms with E-state index in [9.17, 15) is 4.79 Å². The normalized spacial score (nSPS) is 11.6. The van der Waals surface area contributed by atoms with Crippen molar-refractivity contribution in [1.82, 2.24) is 14.5 Å². The summed E-state index contributed by atoms with van der Waals surface area (Å²) in [5.41, 5.74) is 1.80. The summed E-state index contributed by atoms with van der Waals surface area (Å²) >= 11 is 0. The maximum Gasteiger partial charge on any atom is 0.326 e. The lowest BCUT2D eigenvalue weighted by Crippen LogP contribution is -2.30. The van der Waals surface area contributed by atoms with E-state index >= 15 is 0 Å². The lowest BCUT2D eigenvalue weighted by atomic mass is 10.3. The van der Waals surface area contributed by atoms with Gasteiger partial charge in [-0.05, 0) is 38.1 Å². The molecule has 2 aromatic rings. The number of hydrogen-bond acceptors (Lipinski definition) is 3. The van der Waals surface area contributed by atoms with Crippen molar-refractivity contribution in [3.05, 3.63) is 34.7 Å². The molecule has 5 heteroatoms. The van der Waals surface area contributed by atoms with E-state index in [1.54, 1.807) is 4.57 Å². The van der Waals surface area contributed by atoms with E-state index in [1.807, 2.05) is 24.3 Å². The fraction of sp³-hybridized carbons (Fsp3) is 0.533. The van der Waals surface area contributed by atoms with E-state index in [0.29, 0.717) is 13.1 Å². The molecule has 0 aliphatic rings. The number of aliphatic hydroxyl groups is 1. The zero-order valence-corrected chi connectivity index (χ0v) is 12.0. The first-order valence-corrected chi connectivity index (χ1v) is 7.27. The largest absolute Gasteiger partial charge is 0.395 e. The second-order valence-corrected chi connectivity index (χ2v) is 5.02. The fourth-order valence-electron chi connectivity index (χ4n) is 2.57. The maximum absolute atomic E-state index is 11.9. The summed E-state index contributed by atoms with van der Waals surface area (Å²) in [6.07, 6.45) is 1.98. The molecule has 20 heavy (non-hydrogen) atoms. The zero-order valence-electron chi connectivity index (χ0n) is 12.0. The molecule has 0 amide bonds. The highest BCUT2D eigenvalue weighted by molar-refractivity contribution is 5.74. The minimum Gasteiger partial charge on any atom is -0.395 e. The SMILES string of the molecule is CCCN(CCO)CCCn1c(=O)[nH]c2ccccc21. The average molecular weight is 277 g/mol. The molecule has 5 nitrogen and oxygen atoms in total. The average Bonchev–Trinajstić information content (AvgIpc) is 2.76. The highest BCUT2D eigenvalue weighted by Gasteiger charge is 2.07. The maximum atomic E-state index is 11.9. The third-order valence-corrected chi connectivity index (χ3v) is 3.49. The van der Waals surface area contributed by atoms with Gasteiger partial charge in [0.2, 0.25) is 0 Å². The van der Waals surface area contributed by atoms with Crippen LogP contribution < -0.4 is 5.69 Å². The fourth-order valence-corrected chi connectivity index (χ4v) is 2.57. The Hall–Kier alpha value is -1.59. The van der Waals surface area contributed by atoms with Crippen molar-refractivity contribution in [3.63, 3.8) is 0 Å². The van der Waals surface area contributed by atoms with Crippen LogP contribution in [0.3, 0.4) is 0 Å². The second-order valence-electron chi connectivity index (χ2n) is 5.02. The van der Waals surface area contributed by atoms with Gasteiger partial charge in [-0.15, -0.1) is 0 Å².